The number of carbonyl (C=O) groups is 2. The number of anilines is 2. The lowest BCUT2D eigenvalue weighted by molar-refractivity contribution is -0.125. The normalized spacial score (nSPS) is 18.8. The molecule has 0 unspecified atom stereocenters. The Labute approximate surface area is 172 Å². The lowest BCUT2D eigenvalue weighted by Gasteiger charge is -2.27. The van der Waals surface area contributed by atoms with Crippen molar-refractivity contribution in [3.63, 3.8) is 0 Å². The van der Waals surface area contributed by atoms with Crippen molar-refractivity contribution in [3.05, 3.63) is 53.1 Å². The van der Waals surface area contributed by atoms with Crippen molar-refractivity contribution in [2.24, 2.45) is 11.8 Å². The molecule has 1 saturated carbocycles. The molecule has 0 radical (unpaired) electrons. The molecule has 2 N–H and O–H groups in total. The van der Waals surface area contributed by atoms with Crippen LogP contribution in [0.5, 0.6) is 5.75 Å². The summed E-state index contributed by atoms with van der Waals surface area (Å²) in [6, 6.07) is 11.5. The maximum atomic E-state index is 12.8. The van der Waals surface area contributed by atoms with Crippen molar-refractivity contribution in [2.45, 2.75) is 46.5 Å². The van der Waals surface area contributed by atoms with Crippen molar-refractivity contribution in [3.8, 4) is 5.75 Å². The molecule has 1 aliphatic carbocycles. The Kier molecular flexibility index (Phi) is 6.57. The van der Waals surface area contributed by atoms with Gasteiger partial charge >= 0.3 is 0 Å². The average Bonchev–Trinajstić information content (AvgIpc) is 2.71. The quantitative estimate of drug-likeness (QED) is 0.749. The summed E-state index contributed by atoms with van der Waals surface area (Å²) < 4.78 is 5.14. The Bertz CT molecular complexity index is 858. The Balaban J connectivity index is 1.53. The molecule has 2 aromatic carbocycles. The second kappa shape index (κ2) is 9.12. The van der Waals surface area contributed by atoms with Crippen LogP contribution in [0.3, 0.4) is 0 Å². The Morgan fingerprint density at radius 2 is 1.31 bits per heavy atom. The molecule has 0 spiro atoms. The van der Waals surface area contributed by atoms with E-state index in [1.165, 1.54) is 5.56 Å². The van der Waals surface area contributed by atoms with Gasteiger partial charge in [-0.2, -0.15) is 0 Å². The molecule has 5 nitrogen and oxygen atoms in total. The van der Waals surface area contributed by atoms with Gasteiger partial charge in [-0.25, -0.2) is 0 Å². The van der Waals surface area contributed by atoms with Crippen LogP contribution in [-0.2, 0) is 9.59 Å². The summed E-state index contributed by atoms with van der Waals surface area (Å²) in [6.07, 6.45) is 2.92. The molecule has 5 heteroatoms. The molecule has 0 aromatic heterocycles. The van der Waals surface area contributed by atoms with Crippen molar-refractivity contribution in [2.75, 3.05) is 17.7 Å². The molecule has 3 rings (SSSR count). The molecule has 0 saturated heterocycles. The van der Waals surface area contributed by atoms with Gasteiger partial charge < -0.3 is 15.4 Å². The summed E-state index contributed by atoms with van der Waals surface area (Å²) in [5.41, 5.74) is 5.05. The molecule has 2 amide bonds. The fraction of sp³-hybridized carbons (Fsp3) is 0.417. The van der Waals surface area contributed by atoms with Gasteiger partial charge in [0.2, 0.25) is 11.8 Å². The van der Waals surface area contributed by atoms with Gasteiger partial charge in [0.05, 0.1) is 7.11 Å². The van der Waals surface area contributed by atoms with Crippen molar-refractivity contribution in [1.82, 2.24) is 0 Å². The smallest absolute Gasteiger partial charge is 0.227 e. The SMILES string of the molecule is COc1ccc(NC(=O)C2CCC(C(=O)Nc3c(C)cc(C)cc3C)CC2)cc1. The molecule has 29 heavy (non-hydrogen) atoms. The largest absolute Gasteiger partial charge is 0.497 e. The number of rotatable bonds is 5. The zero-order valence-corrected chi connectivity index (χ0v) is 17.7. The zero-order valence-electron chi connectivity index (χ0n) is 17.7. The number of carbonyl (C=O) groups excluding carboxylic acids is 2. The van der Waals surface area contributed by atoms with Gasteiger partial charge in [0, 0.05) is 23.2 Å². The fourth-order valence-electron chi connectivity index (χ4n) is 4.14. The summed E-state index contributed by atoms with van der Waals surface area (Å²) in [6.45, 7) is 6.11. The summed E-state index contributed by atoms with van der Waals surface area (Å²) in [7, 11) is 1.61. The lowest BCUT2D eigenvalue weighted by atomic mass is 9.81. The molecular formula is C24H30N2O3. The topological polar surface area (TPSA) is 67.4 Å². The number of benzene rings is 2. The standard InChI is InChI=1S/C24H30N2O3/c1-15-13-16(2)22(17(3)14-15)26-24(28)19-7-5-18(6-8-19)23(27)25-20-9-11-21(29-4)12-10-20/h9-14,18-19H,5-8H2,1-4H3,(H,25,27)(H,26,28). The highest BCUT2D eigenvalue weighted by Crippen LogP contribution is 2.32. The molecule has 0 heterocycles. The number of aryl methyl sites for hydroxylation is 3. The van der Waals surface area contributed by atoms with E-state index in [0.717, 1.165) is 53.9 Å². The summed E-state index contributed by atoms with van der Waals surface area (Å²) in [5, 5.41) is 6.09. The summed E-state index contributed by atoms with van der Waals surface area (Å²) >= 11 is 0. The third-order valence-electron chi connectivity index (χ3n) is 5.75. The van der Waals surface area contributed by atoms with Crippen LogP contribution in [0.1, 0.15) is 42.4 Å². The predicted molar refractivity (Wildman–Crippen MR) is 116 cm³/mol. The summed E-state index contributed by atoms with van der Waals surface area (Å²) in [5.74, 6) is 0.756. The number of hydrogen-bond donors (Lipinski definition) is 2. The van der Waals surface area contributed by atoms with E-state index in [-0.39, 0.29) is 23.7 Å². The molecule has 0 bridgehead atoms. The van der Waals surface area contributed by atoms with Gasteiger partial charge in [0.25, 0.3) is 0 Å². The minimum atomic E-state index is -0.0519. The van der Waals surface area contributed by atoms with Crippen LogP contribution < -0.4 is 15.4 Å². The van der Waals surface area contributed by atoms with Gasteiger partial charge in [-0.05, 0) is 81.8 Å². The van der Waals surface area contributed by atoms with Crippen LogP contribution in [0, 0.1) is 32.6 Å². The number of methoxy groups -OCH3 is 1. The predicted octanol–water partition coefficient (Wildman–Crippen LogP) is 5.00. The van der Waals surface area contributed by atoms with E-state index in [1.807, 2.05) is 38.1 Å². The third kappa shape index (κ3) is 5.17. The van der Waals surface area contributed by atoms with Crippen LogP contribution >= 0.6 is 0 Å². The molecule has 0 atom stereocenters. The number of hydrogen-bond acceptors (Lipinski definition) is 3. The minimum absolute atomic E-state index is 0.0271. The van der Waals surface area contributed by atoms with Gasteiger partial charge in [0.15, 0.2) is 0 Å². The van der Waals surface area contributed by atoms with E-state index in [2.05, 4.69) is 29.7 Å². The van der Waals surface area contributed by atoms with E-state index in [1.54, 1.807) is 7.11 Å². The van der Waals surface area contributed by atoms with E-state index >= 15 is 0 Å². The van der Waals surface area contributed by atoms with Gasteiger partial charge in [-0.1, -0.05) is 17.7 Å². The monoisotopic (exact) mass is 394 g/mol. The van der Waals surface area contributed by atoms with Crippen molar-refractivity contribution < 1.29 is 14.3 Å². The van der Waals surface area contributed by atoms with Crippen molar-refractivity contribution >= 4 is 23.2 Å². The highest BCUT2D eigenvalue weighted by atomic mass is 16.5. The van der Waals surface area contributed by atoms with E-state index in [4.69, 9.17) is 4.74 Å². The van der Waals surface area contributed by atoms with Gasteiger partial charge in [0.1, 0.15) is 5.75 Å². The van der Waals surface area contributed by atoms with E-state index in [9.17, 15) is 9.59 Å². The zero-order chi connectivity index (χ0) is 21.0. The first-order chi connectivity index (χ1) is 13.9. The van der Waals surface area contributed by atoms with Crippen LogP contribution in [0.15, 0.2) is 36.4 Å². The van der Waals surface area contributed by atoms with E-state index < -0.39 is 0 Å². The molecule has 154 valence electrons. The highest BCUT2D eigenvalue weighted by Gasteiger charge is 2.30. The van der Waals surface area contributed by atoms with Crippen LogP contribution in [0.4, 0.5) is 11.4 Å². The maximum Gasteiger partial charge on any atom is 0.227 e. The second-order valence-corrected chi connectivity index (χ2v) is 8.03. The summed E-state index contributed by atoms with van der Waals surface area (Å²) in [4.78, 5) is 25.3. The molecule has 1 aliphatic rings. The first-order valence-electron chi connectivity index (χ1n) is 10.2. The van der Waals surface area contributed by atoms with Crippen LogP contribution in [0.25, 0.3) is 0 Å². The lowest BCUT2D eigenvalue weighted by Crippen LogP contribution is -2.32. The maximum absolute atomic E-state index is 12.8. The van der Waals surface area contributed by atoms with Gasteiger partial charge in [-0.3, -0.25) is 9.59 Å². The average molecular weight is 395 g/mol. The fourth-order valence-corrected chi connectivity index (χ4v) is 4.14. The van der Waals surface area contributed by atoms with Crippen LogP contribution in [-0.4, -0.2) is 18.9 Å². The minimum Gasteiger partial charge on any atom is -0.497 e. The second-order valence-electron chi connectivity index (χ2n) is 8.03. The Morgan fingerprint density at radius 1 is 0.828 bits per heavy atom. The number of amides is 2. The Hall–Kier alpha value is -2.82. The molecule has 0 aliphatic heterocycles. The number of ether oxygens (including phenoxy) is 1. The van der Waals surface area contributed by atoms with Crippen molar-refractivity contribution in [1.29, 1.82) is 0 Å². The number of nitrogens with one attached hydrogen (secondary N) is 2. The Morgan fingerprint density at radius 3 is 1.79 bits per heavy atom. The van der Waals surface area contributed by atoms with E-state index in [0.29, 0.717) is 0 Å². The first-order valence-corrected chi connectivity index (χ1v) is 10.2. The van der Waals surface area contributed by atoms with Crippen LogP contribution in [0.2, 0.25) is 0 Å². The third-order valence-corrected chi connectivity index (χ3v) is 5.75. The molecular weight excluding hydrogens is 364 g/mol. The molecule has 2 aromatic rings. The van der Waals surface area contributed by atoms with Gasteiger partial charge in [-0.15, -0.1) is 0 Å². The molecule has 1 fully saturated rings. The first kappa shape index (κ1) is 20.9. The highest BCUT2D eigenvalue weighted by molar-refractivity contribution is 5.95.